The molecule has 0 atom stereocenters. The van der Waals surface area contributed by atoms with Gasteiger partial charge in [-0.2, -0.15) is 0 Å². The predicted octanol–water partition coefficient (Wildman–Crippen LogP) is 4.48. The van der Waals surface area contributed by atoms with E-state index < -0.39 is 6.09 Å². The van der Waals surface area contributed by atoms with E-state index in [9.17, 15) is 4.79 Å². The summed E-state index contributed by atoms with van der Waals surface area (Å²) in [5.74, 6) is 0.955. The fourth-order valence-electron chi connectivity index (χ4n) is 3.84. The van der Waals surface area contributed by atoms with Crippen LogP contribution >= 0.6 is 0 Å². The highest BCUT2D eigenvalue weighted by molar-refractivity contribution is 5.95. The van der Waals surface area contributed by atoms with Gasteiger partial charge in [-0.15, -0.1) is 0 Å². The lowest BCUT2D eigenvalue weighted by atomic mass is 10.0. The van der Waals surface area contributed by atoms with E-state index in [1.165, 1.54) is 15.7 Å². The van der Waals surface area contributed by atoms with Gasteiger partial charge in [-0.05, 0) is 35.7 Å². The molecule has 2 aromatic carbocycles. The maximum atomic E-state index is 11.2. The van der Waals surface area contributed by atoms with E-state index in [1.807, 2.05) is 12.1 Å². The molecular weight excluding hydrogens is 338 g/mol. The molecule has 0 saturated carbocycles. The Morgan fingerprint density at radius 1 is 1.04 bits per heavy atom. The van der Waals surface area contributed by atoms with Crippen LogP contribution in [-0.2, 0) is 0 Å². The molecule has 3 aromatic rings. The molecule has 1 fully saturated rings. The zero-order chi connectivity index (χ0) is 18.8. The van der Waals surface area contributed by atoms with Crippen LogP contribution in [0.15, 0.2) is 60.7 Å². The van der Waals surface area contributed by atoms with Gasteiger partial charge in [0, 0.05) is 31.7 Å². The van der Waals surface area contributed by atoms with Crippen LogP contribution in [0.1, 0.15) is 12.8 Å². The summed E-state index contributed by atoms with van der Waals surface area (Å²) in [4.78, 5) is 19.8. The van der Waals surface area contributed by atoms with Crippen molar-refractivity contribution in [2.24, 2.45) is 0 Å². The fraction of sp³-hybridized carbons (Fsp3) is 0.273. The van der Waals surface area contributed by atoms with Gasteiger partial charge in [0.2, 0.25) is 0 Å². The van der Waals surface area contributed by atoms with Crippen LogP contribution in [0.4, 0.5) is 10.6 Å². The molecule has 5 heteroatoms. The normalized spacial score (nSPS) is 15.1. The van der Waals surface area contributed by atoms with Crippen molar-refractivity contribution in [3.8, 4) is 11.3 Å². The van der Waals surface area contributed by atoms with Gasteiger partial charge in [0.15, 0.2) is 0 Å². The van der Waals surface area contributed by atoms with Crippen LogP contribution in [0.3, 0.4) is 0 Å². The molecule has 1 aliphatic rings. The van der Waals surface area contributed by atoms with Crippen LogP contribution in [0, 0.1) is 0 Å². The second kappa shape index (κ2) is 7.27. The van der Waals surface area contributed by atoms with Crippen molar-refractivity contribution in [2.45, 2.75) is 18.9 Å². The molecule has 2 heterocycles. The van der Waals surface area contributed by atoms with Gasteiger partial charge in [0.05, 0.1) is 5.69 Å². The highest BCUT2D eigenvalue weighted by Crippen LogP contribution is 2.29. The minimum Gasteiger partial charge on any atom is -0.465 e. The van der Waals surface area contributed by atoms with E-state index in [1.54, 1.807) is 7.05 Å². The molecule has 0 unspecified atom stereocenters. The van der Waals surface area contributed by atoms with E-state index in [0.717, 1.165) is 43.0 Å². The van der Waals surface area contributed by atoms with Crippen molar-refractivity contribution >= 4 is 22.7 Å². The second-order valence-electron chi connectivity index (χ2n) is 7.02. The summed E-state index contributed by atoms with van der Waals surface area (Å²) >= 11 is 0. The molecule has 1 aliphatic heterocycles. The molecule has 138 valence electrons. The molecule has 1 amide bonds. The molecule has 1 aromatic heterocycles. The zero-order valence-electron chi connectivity index (χ0n) is 15.4. The predicted molar refractivity (Wildman–Crippen MR) is 108 cm³/mol. The summed E-state index contributed by atoms with van der Waals surface area (Å²) in [7, 11) is 1.65. The third kappa shape index (κ3) is 3.45. The van der Waals surface area contributed by atoms with Crippen molar-refractivity contribution in [3.05, 3.63) is 60.7 Å². The smallest absolute Gasteiger partial charge is 0.407 e. The number of amides is 1. The number of aromatic nitrogens is 1. The Balaban J connectivity index is 1.58. The molecule has 4 rings (SSSR count). The van der Waals surface area contributed by atoms with Crippen molar-refractivity contribution in [1.82, 2.24) is 9.88 Å². The maximum absolute atomic E-state index is 11.2. The molecular formula is C22H23N3O2. The van der Waals surface area contributed by atoms with Crippen LogP contribution < -0.4 is 4.90 Å². The topological polar surface area (TPSA) is 56.7 Å². The molecule has 27 heavy (non-hydrogen) atoms. The first kappa shape index (κ1) is 17.3. The number of hydrogen-bond donors (Lipinski definition) is 1. The highest BCUT2D eigenvalue weighted by Gasteiger charge is 2.25. The van der Waals surface area contributed by atoms with Crippen molar-refractivity contribution in [1.29, 1.82) is 0 Å². The van der Waals surface area contributed by atoms with E-state index in [0.29, 0.717) is 0 Å². The summed E-state index contributed by atoms with van der Waals surface area (Å²) in [5, 5.41) is 11.6. The summed E-state index contributed by atoms with van der Waals surface area (Å²) < 4.78 is 0. The lowest BCUT2D eigenvalue weighted by Crippen LogP contribution is -2.45. The van der Waals surface area contributed by atoms with E-state index in [-0.39, 0.29) is 6.04 Å². The number of anilines is 1. The zero-order valence-corrected chi connectivity index (χ0v) is 15.4. The molecule has 0 aliphatic carbocycles. The minimum absolute atomic E-state index is 0.0833. The molecule has 0 spiro atoms. The first-order chi connectivity index (χ1) is 13.1. The summed E-state index contributed by atoms with van der Waals surface area (Å²) in [6, 6.07) is 20.9. The number of carboxylic acid groups (broad SMARTS) is 1. The standard InChI is InChI=1S/C22H23N3O2/c1-24(22(26)27)17-12-14-25(15-13-17)21-11-5-10-20(23-21)19-9-4-7-16-6-2-3-8-18(16)19/h2-11,17H,12-15H2,1H3,(H,26,27). The Kier molecular flexibility index (Phi) is 4.67. The SMILES string of the molecule is CN(C(=O)O)C1CCN(c2cccc(-c3cccc4ccccc34)n2)CC1. The average Bonchev–Trinajstić information content (AvgIpc) is 2.73. The largest absolute Gasteiger partial charge is 0.465 e. The number of fused-ring (bicyclic) bond motifs is 1. The molecule has 1 saturated heterocycles. The first-order valence-corrected chi connectivity index (χ1v) is 9.29. The molecule has 5 nitrogen and oxygen atoms in total. The molecule has 0 bridgehead atoms. The van der Waals surface area contributed by atoms with Crippen molar-refractivity contribution in [2.75, 3.05) is 25.0 Å². The highest BCUT2D eigenvalue weighted by atomic mass is 16.4. The fourth-order valence-corrected chi connectivity index (χ4v) is 3.84. The molecule has 0 radical (unpaired) electrons. The van der Waals surface area contributed by atoms with Gasteiger partial charge < -0.3 is 14.9 Å². The number of piperidine rings is 1. The minimum atomic E-state index is -0.857. The Hall–Kier alpha value is -3.08. The average molecular weight is 361 g/mol. The van der Waals surface area contributed by atoms with Gasteiger partial charge in [-0.1, -0.05) is 48.5 Å². The van der Waals surface area contributed by atoms with E-state index >= 15 is 0 Å². The summed E-state index contributed by atoms with van der Waals surface area (Å²) in [6.07, 6.45) is 0.788. The van der Waals surface area contributed by atoms with Crippen molar-refractivity contribution < 1.29 is 9.90 Å². The van der Waals surface area contributed by atoms with Gasteiger partial charge in [0.25, 0.3) is 0 Å². The van der Waals surface area contributed by atoms with Crippen LogP contribution in [-0.4, -0.2) is 47.3 Å². The van der Waals surface area contributed by atoms with E-state index in [4.69, 9.17) is 10.1 Å². The number of nitrogens with zero attached hydrogens (tertiary/aromatic N) is 3. The van der Waals surface area contributed by atoms with Gasteiger partial charge >= 0.3 is 6.09 Å². The van der Waals surface area contributed by atoms with Crippen molar-refractivity contribution in [3.63, 3.8) is 0 Å². The number of carbonyl (C=O) groups is 1. The number of benzene rings is 2. The van der Waals surface area contributed by atoms with Crippen LogP contribution in [0.2, 0.25) is 0 Å². The third-order valence-electron chi connectivity index (χ3n) is 5.44. The summed E-state index contributed by atoms with van der Waals surface area (Å²) in [6.45, 7) is 1.63. The Labute approximate surface area is 158 Å². The monoisotopic (exact) mass is 361 g/mol. The first-order valence-electron chi connectivity index (χ1n) is 9.29. The third-order valence-corrected chi connectivity index (χ3v) is 5.44. The number of rotatable bonds is 3. The quantitative estimate of drug-likeness (QED) is 0.747. The lowest BCUT2D eigenvalue weighted by molar-refractivity contribution is 0.131. The maximum Gasteiger partial charge on any atom is 0.407 e. The Morgan fingerprint density at radius 2 is 1.74 bits per heavy atom. The number of hydrogen-bond acceptors (Lipinski definition) is 3. The molecule has 1 N–H and O–H groups in total. The number of pyridine rings is 1. The van der Waals surface area contributed by atoms with Crippen LogP contribution in [0.5, 0.6) is 0 Å². The summed E-state index contributed by atoms with van der Waals surface area (Å²) in [5.41, 5.74) is 2.10. The van der Waals surface area contributed by atoms with Gasteiger partial charge in [-0.3, -0.25) is 0 Å². The Bertz CT molecular complexity index is 959. The lowest BCUT2D eigenvalue weighted by Gasteiger charge is -2.36. The van der Waals surface area contributed by atoms with Crippen LogP contribution in [0.25, 0.3) is 22.0 Å². The van der Waals surface area contributed by atoms with E-state index in [2.05, 4.69) is 53.4 Å². The second-order valence-corrected chi connectivity index (χ2v) is 7.02. The van der Waals surface area contributed by atoms with Gasteiger partial charge in [-0.25, -0.2) is 9.78 Å². The van der Waals surface area contributed by atoms with Gasteiger partial charge in [0.1, 0.15) is 5.82 Å². The Morgan fingerprint density at radius 3 is 2.52 bits per heavy atom.